The summed E-state index contributed by atoms with van der Waals surface area (Å²) in [6.45, 7) is 12.5. The van der Waals surface area contributed by atoms with Crippen LogP contribution < -0.4 is 16.0 Å². The zero-order chi connectivity index (χ0) is 18.4. The summed E-state index contributed by atoms with van der Waals surface area (Å²) in [7, 11) is 1.73. The summed E-state index contributed by atoms with van der Waals surface area (Å²) < 4.78 is 10.6. The minimum absolute atomic E-state index is 0.00757. The molecular formula is C17H36N4O3. The van der Waals surface area contributed by atoms with Crippen molar-refractivity contribution < 1.29 is 14.3 Å². The zero-order valence-electron chi connectivity index (χ0n) is 16.2. The van der Waals surface area contributed by atoms with Crippen LogP contribution in [0.15, 0.2) is 4.99 Å². The second-order valence-corrected chi connectivity index (χ2v) is 6.56. The first kappa shape index (κ1) is 22.5. The van der Waals surface area contributed by atoms with E-state index in [-0.39, 0.29) is 12.1 Å². The number of hydrogen-bond donors (Lipinski definition) is 3. The molecule has 0 rings (SSSR count). The zero-order valence-corrected chi connectivity index (χ0v) is 16.2. The van der Waals surface area contributed by atoms with Gasteiger partial charge in [0.15, 0.2) is 5.96 Å². The van der Waals surface area contributed by atoms with Crippen molar-refractivity contribution in [2.45, 2.75) is 65.5 Å². The summed E-state index contributed by atoms with van der Waals surface area (Å²) in [5.74, 6) is 0.721. The van der Waals surface area contributed by atoms with Crippen LogP contribution in [0.25, 0.3) is 0 Å². The van der Waals surface area contributed by atoms with E-state index in [0.717, 1.165) is 45.0 Å². The Balaban J connectivity index is 4.22. The number of nitrogens with zero attached hydrogens (tertiary/aromatic N) is 1. The monoisotopic (exact) mass is 344 g/mol. The highest BCUT2D eigenvalue weighted by Crippen LogP contribution is 2.07. The van der Waals surface area contributed by atoms with Crippen molar-refractivity contribution in [3.8, 4) is 0 Å². The van der Waals surface area contributed by atoms with Gasteiger partial charge in [0.1, 0.15) is 5.60 Å². The van der Waals surface area contributed by atoms with Gasteiger partial charge in [0.25, 0.3) is 0 Å². The molecule has 1 unspecified atom stereocenters. The Bertz CT molecular complexity index is 367. The Labute approximate surface area is 147 Å². The Kier molecular flexibility index (Phi) is 12.1. The Morgan fingerprint density at radius 2 is 1.92 bits per heavy atom. The molecule has 0 aliphatic rings. The second kappa shape index (κ2) is 12.9. The summed E-state index contributed by atoms with van der Waals surface area (Å²) in [4.78, 5) is 16.1. The highest BCUT2D eigenvalue weighted by molar-refractivity contribution is 5.79. The third-order valence-corrected chi connectivity index (χ3v) is 3.06. The van der Waals surface area contributed by atoms with Crippen LogP contribution in [-0.2, 0) is 9.47 Å². The molecule has 24 heavy (non-hydrogen) atoms. The Hall–Kier alpha value is -1.50. The first-order chi connectivity index (χ1) is 11.3. The molecule has 0 heterocycles. The van der Waals surface area contributed by atoms with E-state index in [1.54, 1.807) is 7.05 Å². The van der Waals surface area contributed by atoms with E-state index in [2.05, 4.69) is 27.9 Å². The van der Waals surface area contributed by atoms with Crippen LogP contribution >= 0.6 is 0 Å². The molecule has 142 valence electrons. The molecule has 1 atom stereocenters. The molecule has 0 aliphatic carbocycles. The fraction of sp³-hybridized carbons (Fsp3) is 0.882. The van der Waals surface area contributed by atoms with Crippen molar-refractivity contribution in [3.05, 3.63) is 0 Å². The number of aliphatic imine (C=N–C) groups is 1. The van der Waals surface area contributed by atoms with Crippen molar-refractivity contribution in [3.63, 3.8) is 0 Å². The molecule has 0 fully saturated rings. The summed E-state index contributed by atoms with van der Waals surface area (Å²) in [6.07, 6.45) is 2.38. The Morgan fingerprint density at radius 3 is 2.46 bits per heavy atom. The van der Waals surface area contributed by atoms with Crippen molar-refractivity contribution in [2.24, 2.45) is 4.99 Å². The Morgan fingerprint density at radius 1 is 1.21 bits per heavy atom. The van der Waals surface area contributed by atoms with E-state index < -0.39 is 5.60 Å². The lowest BCUT2D eigenvalue weighted by atomic mass is 10.1. The maximum Gasteiger partial charge on any atom is 0.407 e. The van der Waals surface area contributed by atoms with E-state index in [0.29, 0.717) is 6.54 Å². The van der Waals surface area contributed by atoms with Crippen LogP contribution in [0, 0.1) is 0 Å². The summed E-state index contributed by atoms with van der Waals surface area (Å²) in [5, 5.41) is 9.39. The maximum atomic E-state index is 11.9. The first-order valence-electron chi connectivity index (χ1n) is 8.84. The molecule has 0 bridgehead atoms. The van der Waals surface area contributed by atoms with Gasteiger partial charge in [-0.1, -0.05) is 13.3 Å². The quantitative estimate of drug-likeness (QED) is 0.322. The molecule has 0 aromatic heterocycles. The fourth-order valence-electron chi connectivity index (χ4n) is 2.01. The number of alkyl carbamates (subject to hydrolysis) is 1. The van der Waals surface area contributed by atoms with Crippen LogP contribution in [0.4, 0.5) is 4.79 Å². The van der Waals surface area contributed by atoms with Crippen LogP contribution in [0.2, 0.25) is 0 Å². The van der Waals surface area contributed by atoms with Gasteiger partial charge >= 0.3 is 6.09 Å². The third-order valence-electron chi connectivity index (χ3n) is 3.06. The van der Waals surface area contributed by atoms with Crippen molar-refractivity contribution in [1.29, 1.82) is 0 Å². The lowest BCUT2D eigenvalue weighted by Crippen LogP contribution is -2.48. The normalized spacial score (nSPS) is 13.3. The van der Waals surface area contributed by atoms with E-state index in [1.165, 1.54) is 0 Å². The molecule has 0 spiro atoms. The second-order valence-electron chi connectivity index (χ2n) is 6.56. The number of rotatable bonds is 10. The molecule has 1 amide bonds. The van der Waals surface area contributed by atoms with Crippen LogP contribution in [-0.4, -0.2) is 57.0 Å². The smallest absolute Gasteiger partial charge is 0.407 e. The summed E-state index contributed by atoms with van der Waals surface area (Å²) >= 11 is 0. The highest BCUT2D eigenvalue weighted by Gasteiger charge is 2.19. The number of ether oxygens (including phenoxy) is 2. The standard InChI is InChI=1S/C17H36N4O3/c1-7-10-14(21-16(22)24-17(3,4)5)13-20-15(18-6)19-11-9-12-23-8-2/h14H,7-13H2,1-6H3,(H,21,22)(H2,18,19,20). The predicted molar refractivity (Wildman–Crippen MR) is 98.5 cm³/mol. The number of carbonyl (C=O) groups is 1. The highest BCUT2D eigenvalue weighted by atomic mass is 16.6. The molecule has 0 saturated carbocycles. The molecule has 0 aromatic carbocycles. The molecule has 0 aromatic rings. The molecule has 0 aliphatic heterocycles. The fourth-order valence-corrected chi connectivity index (χ4v) is 2.01. The number of guanidine groups is 1. The molecule has 0 saturated heterocycles. The lowest BCUT2D eigenvalue weighted by Gasteiger charge is -2.24. The summed E-state index contributed by atoms with van der Waals surface area (Å²) in [6, 6.07) is -0.00757. The first-order valence-corrected chi connectivity index (χ1v) is 8.84. The minimum Gasteiger partial charge on any atom is -0.444 e. The molecule has 7 heteroatoms. The maximum absolute atomic E-state index is 11.9. The van der Waals surface area contributed by atoms with Crippen LogP contribution in [0.3, 0.4) is 0 Å². The van der Waals surface area contributed by atoms with Gasteiger partial charge in [-0.3, -0.25) is 4.99 Å². The van der Waals surface area contributed by atoms with Gasteiger partial charge in [-0.15, -0.1) is 0 Å². The van der Waals surface area contributed by atoms with Gasteiger partial charge in [-0.2, -0.15) is 0 Å². The topological polar surface area (TPSA) is 84.0 Å². The van der Waals surface area contributed by atoms with Gasteiger partial charge in [-0.05, 0) is 40.5 Å². The van der Waals surface area contributed by atoms with Crippen LogP contribution in [0.5, 0.6) is 0 Å². The van der Waals surface area contributed by atoms with Gasteiger partial charge < -0.3 is 25.4 Å². The minimum atomic E-state index is -0.494. The SMILES string of the molecule is CCCC(CNC(=NC)NCCCOCC)NC(=O)OC(C)(C)C. The van der Waals surface area contributed by atoms with Crippen LogP contribution in [0.1, 0.15) is 53.9 Å². The number of hydrogen-bond acceptors (Lipinski definition) is 4. The van der Waals surface area contributed by atoms with E-state index in [1.807, 2.05) is 27.7 Å². The van der Waals surface area contributed by atoms with E-state index >= 15 is 0 Å². The van der Waals surface area contributed by atoms with E-state index in [9.17, 15) is 4.79 Å². The molecule has 3 N–H and O–H groups in total. The number of nitrogens with one attached hydrogen (secondary N) is 3. The predicted octanol–water partition coefficient (Wildman–Crippen LogP) is 2.27. The third kappa shape index (κ3) is 13.0. The number of amides is 1. The van der Waals surface area contributed by atoms with Crippen molar-refractivity contribution in [2.75, 3.05) is 33.4 Å². The van der Waals surface area contributed by atoms with Gasteiger partial charge in [0, 0.05) is 39.4 Å². The van der Waals surface area contributed by atoms with Gasteiger partial charge in [0.2, 0.25) is 0 Å². The average molecular weight is 345 g/mol. The molecule has 7 nitrogen and oxygen atoms in total. The molecular weight excluding hydrogens is 308 g/mol. The van der Waals surface area contributed by atoms with Crippen molar-refractivity contribution >= 4 is 12.1 Å². The average Bonchev–Trinajstić information content (AvgIpc) is 2.48. The molecule has 0 radical (unpaired) electrons. The lowest BCUT2D eigenvalue weighted by molar-refractivity contribution is 0.0502. The van der Waals surface area contributed by atoms with Gasteiger partial charge in [0.05, 0.1) is 0 Å². The largest absolute Gasteiger partial charge is 0.444 e. The van der Waals surface area contributed by atoms with Crippen molar-refractivity contribution in [1.82, 2.24) is 16.0 Å². The summed E-state index contributed by atoms with van der Waals surface area (Å²) in [5.41, 5.74) is -0.494. The van der Waals surface area contributed by atoms with Gasteiger partial charge in [-0.25, -0.2) is 4.79 Å². The number of carbonyl (C=O) groups excluding carboxylic acids is 1. The van der Waals surface area contributed by atoms with E-state index in [4.69, 9.17) is 9.47 Å².